The van der Waals surface area contributed by atoms with Crippen LogP contribution in [-0.4, -0.2) is 4.98 Å². The molecular weight excluding hydrogens is 639 g/mol. The molecule has 9 aromatic rings. The van der Waals surface area contributed by atoms with Crippen LogP contribution in [0.1, 0.15) is 29.5 Å². The van der Waals surface area contributed by atoms with E-state index in [0.717, 1.165) is 35.2 Å². The molecule has 0 aliphatic heterocycles. The van der Waals surface area contributed by atoms with Gasteiger partial charge >= 0.3 is 0 Å². The first-order valence-electron chi connectivity index (χ1n) is 18.6. The van der Waals surface area contributed by atoms with Crippen molar-refractivity contribution in [2.45, 2.75) is 19.8 Å². The first kappa shape index (κ1) is 31.2. The van der Waals surface area contributed by atoms with Gasteiger partial charge in [0, 0.05) is 17.3 Å². The zero-order chi connectivity index (χ0) is 35.3. The van der Waals surface area contributed by atoms with E-state index in [1.807, 2.05) is 12.3 Å². The first-order valence-corrected chi connectivity index (χ1v) is 18.6. The number of fused-ring (bicyclic) bond motifs is 4. The van der Waals surface area contributed by atoms with Crippen molar-refractivity contribution in [1.29, 1.82) is 0 Å². The van der Waals surface area contributed by atoms with E-state index in [2.05, 4.69) is 177 Å². The number of aromatic nitrogens is 1. The van der Waals surface area contributed by atoms with Crippen molar-refractivity contribution in [3.8, 4) is 33.5 Å². The Kier molecular flexibility index (Phi) is 7.58. The fourth-order valence-corrected chi connectivity index (χ4v) is 8.71. The molecule has 53 heavy (non-hydrogen) atoms. The molecule has 250 valence electrons. The molecule has 0 bridgehead atoms. The van der Waals surface area contributed by atoms with Crippen LogP contribution in [0.4, 0.5) is 0 Å². The summed E-state index contributed by atoms with van der Waals surface area (Å²) in [6.07, 6.45) is 3.90. The quantitative estimate of drug-likeness (QED) is 0.166. The Balaban J connectivity index is 1.16. The zero-order valence-electron chi connectivity index (χ0n) is 29.7. The molecule has 0 amide bonds. The average molecular weight is 676 g/mol. The van der Waals surface area contributed by atoms with Gasteiger partial charge < -0.3 is 0 Å². The third-order valence-corrected chi connectivity index (χ3v) is 11.2. The van der Waals surface area contributed by atoms with Crippen molar-refractivity contribution in [3.63, 3.8) is 0 Å². The fourth-order valence-electron chi connectivity index (χ4n) is 8.71. The summed E-state index contributed by atoms with van der Waals surface area (Å²) in [7, 11) is 0. The topological polar surface area (TPSA) is 12.9 Å². The van der Waals surface area contributed by atoms with E-state index < -0.39 is 0 Å². The van der Waals surface area contributed by atoms with Crippen molar-refractivity contribution in [3.05, 3.63) is 209 Å². The van der Waals surface area contributed by atoms with Crippen LogP contribution in [0.15, 0.2) is 182 Å². The molecular formula is C52H37N. The Morgan fingerprint density at radius 3 is 1.58 bits per heavy atom. The largest absolute Gasteiger partial charge is 0.256 e. The van der Waals surface area contributed by atoms with E-state index in [9.17, 15) is 0 Å². The van der Waals surface area contributed by atoms with Gasteiger partial charge in [-0.2, -0.15) is 0 Å². The predicted octanol–water partition coefficient (Wildman–Crippen LogP) is 12.0. The molecule has 1 heteroatoms. The number of hydrogen-bond acceptors (Lipinski definition) is 1. The molecule has 0 saturated carbocycles. The number of benzene rings is 8. The highest BCUT2D eigenvalue weighted by molar-refractivity contribution is 6.19. The third kappa shape index (κ3) is 5.28. The van der Waals surface area contributed by atoms with Crippen LogP contribution in [0.3, 0.4) is 0 Å². The van der Waals surface area contributed by atoms with Crippen molar-refractivity contribution < 1.29 is 0 Å². The van der Waals surface area contributed by atoms with Gasteiger partial charge in [0.05, 0.1) is 5.69 Å². The number of rotatable bonds is 5. The van der Waals surface area contributed by atoms with Crippen molar-refractivity contribution in [1.82, 2.24) is 4.98 Å². The Morgan fingerprint density at radius 1 is 0.377 bits per heavy atom. The second kappa shape index (κ2) is 12.9. The minimum Gasteiger partial charge on any atom is -0.256 e. The summed E-state index contributed by atoms with van der Waals surface area (Å²) >= 11 is 0. The van der Waals surface area contributed by atoms with Crippen LogP contribution in [0.2, 0.25) is 0 Å². The van der Waals surface area contributed by atoms with Crippen LogP contribution < -0.4 is 10.4 Å². The van der Waals surface area contributed by atoms with Gasteiger partial charge in [0.15, 0.2) is 0 Å². The molecule has 0 unspecified atom stereocenters. The zero-order valence-corrected chi connectivity index (χ0v) is 29.7. The maximum atomic E-state index is 4.93. The van der Waals surface area contributed by atoms with Crippen LogP contribution in [-0.2, 0) is 0 Å². The van der Waals surface area contributed by atoms with Gasteiger partial charge in [-0.1, -0.05) is 175 Å². The summed E-state index contributed by atoms with van der Waals surface area (Å²) in [6, 6.07) is 64.6. The minimum absolute atomic E-state index is 0.992. The number of aryl methyl sites for hydroxylation is 1. The lowest BCUT2D eigenvalue weighted by molar-refractivity contribution is 1.04. The molecule has 8 aromatic carbocycles. The van der Waals surface area contributed by atoms with Gasteiger partial charge in [0.1, 0.15) is 0 Å². The van der Waals surface area contributed by atoms with Gasteiger partial charge in [-0.25, -0.2) is 0 Å². The Bertz CT molecular complexity index is 2920. The number of hydrogen-bond donors (Lipinski definition) is 0. The predicted molar refractivity (Wildman–Crippen MR) is 224 cm³/mol. The molecule has 1 heterocycles. The standard InChI is InChI=1S/C52H37N/c1-34-23-25-36(26-24-34)40-31-32-48(43-16-5-4-15-42(40)43)51-46-19-8-6-17-44(46)50(45-18-7-9-20-47(45)51)38-29-27-37(28-30-38)41-22-11-33-53-52(41)49-21-10-13-35-12-2-3-14-39(35)49/h2-30,33H,31-32H2,1H3. The second-order valence-corrected chi connectivity index (χ2v) is 14.2. The maximum Gasteiger partial charge on any atom is 0.0786 e. The Morgan fingerprint density at radius 2 is 0.887 bits per heavy atom. The van der Waals surface area contributed by atoms with E-state index in [4.69, 9.17) is 4.98 Å². The van der Waals surface area contributed by atoms with E-state index in [-0.39, 0.29) is 0 Å². The summed E-state index contributed by atoms with van der Waals surface area (Å²) in [4.78, 5) is 4.93. The van der Waals surface area contributed by atoms with Crippen LogP contribution in [0.25, 0.3) is 77.0 Å². The van der Waals surface area contributed by atoms with Crippen molar-refractivity contribution in [2.75, 3.05) is 0 Å². The lowest BCUT2D eigenvalue weighted by Gasteiger charge is -2.23. The number of nitrogens with zero attached hydrogens (tertiary/aromatic N) is 1. The van der Waals surface area contributed by atoms with Crippen LogP contribution in [0.5, 0.6) is 0 Å². The van der Waals surface area contributed by atoms with Crippen LogP contribution in [0, 0.1) is 6.92 Å². The van der Waals surface area contributed by atoms with E-state index in [0.29, 0.717) is 0 Å². The highest BCUT2D eigenvalue weighted by atomic mass is 14.7. The van der Waals surface area contributed by atoms with E-state index >= 15 is 0 Å². The second-order valence-electron chi connectivity index (χ2n) is 14.2. The van der Waals surface area contributed by atoms with E-state index in [1.165, 1.54) is 81.7 Å². The van der Waals surface area contributed by atoms with Gasteiger partial charge in [-0.3, -0.25) is 4.98 Å². The lowest BCUT2D eigenvalue weighted by Crippen LogP contribution is -2.32. The molecule has 1 aliphatic rings. The Labute approximate surface area is 309 Å². The van der Waals surface area contributed by atoms with Gasteiger partial charge in [-0.15, -0.1) is 0 Å². The average Bonchev–Trinajstić information content (AvgIpc) is 3.23. The molecule has 0 atom stereocenters. The molecule has 0 radical (unpaired) electrons. The molecule has 0 N–H and O–H groups in total. The minimum atomic E-state index is 0.992. The summed E-state index contributed by atoms with van der Waals surface area (Å²) in [5, 5.41) is 10.3. The van der Waals surface area contributed by atoms with Crippen molar-refractivity contribution in [2.24, 2.45) is 0 Å². The van der Waals surface area contributed by atoms with Crippen LogP contribution >= 0.6 is 0 Å². The van der Waals surface area contributed by atoms with Gasteiger partial charge in [-0.05, 0) is 108 Å². The number of pyridine rings is 1. The monoisotopic (exact) mass is 675 g/mol. The summed E-state index contributed by atoms with van der Waals surface area (Å²) in [5.41, 5.74) is 13.8. The molecule has 1 aliphatic carbocycles. The smallest absolute Gasteiger partial charge is 0.0786 e. The van der Waals surface area contributed by atoms with Crippen molar-refractivity contribution >= 4 is 43.5 Å². The summed E-state index contributed by atoms with van der Waals surface area (Å²) in [5.74, 6) is 0. The molecule has 10 rings (SSSR count). The van der Waals surface area contributed by atoms with E-state index in [1.54, 1.807) is 0 Å². The first-order chi connectivity index (χ1) is 26.2. The Hall–Kier alpha value is -6.57. The van der Waals surface area contributed by atoms with Gasteiger partial charge in [0.25, 0.3) is 0 Å². The summed E-state index contributed by atoms with van der Waals surface area (Å²) < 4.78 is 0. The normalized spacial score (nSPS) is 12.8. The van der Waals surface area contributed by atoms with Gasteiger partial charge in [0.2, 0.25) is 0 Å². The maximum absolute atomic E-state index is 4.93. The SMILES string of the molecule is Cc1ccc(C2=c3ccccc3=C(c3c4ccccc4c(-c4ccc(-c5cccnc5-c5cccc6ccccc56)cc4)c4ccccc34)CC2)cc1. The molecule has 1 aromatic heterocycles. The molecule has 0 fully saturated rings. The molecule has 0 saturated heterocycles. The molecule has 1 nitrogen and oxygen atoms in total. The lowest BCUT2D eigenvalue weighted by atomic mass is 9.81. The fraction of sp³-hybridized carbons (Fsp3) is 0.0577. The summed E-state index contributed by atoms with van der Waals surface area (Å²) in [6.45, 7) is 2.16. The highest BCUT2D eigenvalue weighted by Crippen LogP contribution is 2.44. The third-order valence-electron chi connectivity index (χ3n) is 11.2. The highest BCUT2D eigenvalue weighted by Gasteiger charge is 2.21. The molecule has 0 spiro atoms.